The molecule has 1 aliphatic rings. The minimum absolute atomic E-state index is 0.0226. The monoisotopic (exact) mass is 438 g/mol. The number of nitrogens with one attached hydrogen (secondary N) is 1. The minimum atomic E-state index is -0.207. The first kappa shape index (κ1) is 20.6. The summed E-state index contributed by atoms with van der Waals surface area (Å²) in [5, 5.41) is 5.27. The molecule has 0 aliphatic carbocycles. The molecule has 30 heavy (non-hydrogen) atoms. The van der Waals surface area contributed by atoms with Gasteiger partial charge < -0.3 is 10.2 Å². The van der Waals surface area contributed by atoms with Crippen molar-refractivity contribution in [1.29, 1.82) is 0 Å². The number of nitrogens with zero attached hydrogens (tertiary/aromatic N) is 3. The number of amides is 2. The lowest BCUT2D eigenvalue weighted by Gasteiger charge is -2.32. The number of likely N-dealkylation sites (tertiary alicyclic amines) is 1. The molecular formula is C22H22N4O2S2. The van der Waals surface area contributed by atoms with Crippen LogP contribution in [0.2, 0.25) is 0 Å². The van der Waals surface area contributed by atoms with Crippen LogP contribution in [-0.2, 0) is 10.5 Å². The third kappa shape index (κ3) is 5.25. The molecule has 154 valence electrons. The Labute approximate surface area is 183 Å². The molecule has 3 aromatic rings. The number of carbonyl (C=O) groups is 2. The van der Waals surface area contributed by atoms with Crippen LogP contribution in [-0.4, -0.2) is 39.8 Å². The number of hydrogen-bond donors (Lipinski definition) is 1. The van der Waals surface area contributed by atoms with Gasteiger partial charge in [0.2, 0.25) is 5.91 Å². The summed E-state index contributed by atoms with van der Waals surface area (Å²) in [4.78, 5) is 36.6. The van der Waals surface area contributed by atoms with Gasteiger partial charge in [0.25, 0.3) is 5.91 Å². The second kappa shape index (κ2) is 9.86. The number of thioether (sulfide) groups is 1. The Morgan fingerprint density at radius 3 is 2.80 bits per heavy atom. The van der Waals surface area contributed by atoms with Crippen molar-refractivity contribution >= 4 is 40.0 Å². The third-order valence-electron chi connectivity index (χ3n) is 4.97. The van der Waals surface area contributed by atoms with Crippen LogP contribution in [0.5, 0.6) is 0 Å². The Morgan fingerprint density at radius 2 is 2.07 bits per heavy atom. The van der Waals surface area contributed by atoms with E-state index < -0.39 is 0 Å². The van der Waals surface area contributed by atoms with Crippen LogP contribution in [0, 0.1) is 5.92 Å². The molecule has 8 heteroatoms. The van der Waals surface area contributed by atoms with E-state index >= 15 is 0 Å². The number of piperidine rings is 1. The molecule has 1 N–H and O–H groups in total. The number of aromatic nitrogens is 2. The quantitative estimate of drug-likeness (QED) is 0.580. The Hall–Kier alpha value is -2.71. The molecule has 1 aromatic carbocycles. The van der Waals surface area contributed by atoms with Gasteiger partial charge in [-0.1, -0.05) is 6.07 Å². The van der Waals surface area contributed by atoms with Crippen molar-refractivity contribution in [2.45, 2.75) is 23.5 Å². The number of carbonyl (C=O) groups excluding carboxylic acids is 2. The Bertz CT molecular complexity index is 978. The number of anilines is 1. The molecule has 2 aromatic heterocycles. The second-order valence-electron chi connectivity index (χ2n) is 7.09. The van der Waals surface area contributed by atoms with E-state index in [2.05, 4.69) is 21.4 Å². The van der Waals surface area contributed by atoms with Crippen molar-refractivity contribution in [2.24, 2.45) is 5.92 Å². The maximum atomic E-state index is 12.9. The van der Waals surface area contributed by atoms with Crippen LogP contribution in [0.15, 0.2) is 65.3 Å². The number of pyridine rings is 1. The highest BCUT2D eigenvalue weighted by atomic mass is 32.2. The molecule has 1 saturated heterocycles. The zero-order valence-electron chi connectivity index (χ0n) is 16.4. The predicted molar refractivity (Wildman–Crippen MR) is 120 cm³/mol. The highest BCUT2D eigenvalue weighted by Gasteiger charge is 2.29. The van der Waals surface area contributed by atoms with E-state index in [1.165, 1.54) is 11.3 Å². The minimum Gasteiger partial charge on any atom is -0.338 e. The molecule has 4 rings (SSSR count). The zero-order chi connectivity index (χ0) is 20.8. The van der Waals surface area contributed by atoms with Crippen LogP contribution in [0.4, 0.5) is 5.13 Å². The van der Waals surface area contributed by atoms with Crippen molar-refractivity contribution in [3.63, 3.8) is 0 Å². The molecule has 1 aliphatic heterocycles. The van der Waals surface area contributed by atoms with Gasteiger partial charge in [0, 0.05) is 53.3 Å². The van der Waals surface area contributed by atoms with E-state index in [1.807, 2.05) is 41.9 Å². The Morgan fingerprint density at radius 1 is 1.20 bits per heavy atom. The van der Waals surface area contributed by atoms with Crippen molar-refractivity contribution in [1.82, 2.24) is 14.9 Å². The highest BCUT2D eigenvalue weighted by molar-refractivity contribution is 7.98. The van der Waals surface area contributed by atoms with Gasteiger partial charge in [-0.25, -0.2) is 4.98 Å². The summed E-state index contributed by atoms with van der Waals surface area (Å²) >= 11 is 3.11. The van der Waals surface area contributed by atoms with E-state index in [1.54, 1.807) is 29.1 Å². The number of thiazole rings is 1. The highest BCUT2D eigenvalue weighted by Crippen LogP contribution is 2.25. The molecule has 2 amide bonds. The van der Waals surface area contributed by atoms with Crippen LogP contribution in [0.25, 0.3) is 0 Å². The number of hydrogen-bond acceptors (Lipinski definition) is 6. The summed E-state index contributed by atoms with van der Waals surface area (Å²) in [7, 11) is 0. The number of benzene rings is 1. The lowest BCUT2D eigenvalue weighted by Crippen LogP contribution is -2.43. The molecule has 0 bridgehead atoms. The molecule has 0 saturated carbocycles. The SMILES string of the molecule is O=C(Nc1nccs1)C1CCCN(C(=O)c2ccc(SCc3cccnc3)cc2)C1. The second-order valence-corrected chi connectivity index (χ2v) is 9.03. The lowest BCUT2D eigenvalue weighted by atomic mass is 9.96. The van der Waals surface area contributed by atoms with Gasteiger partial charge >= 0.3 is 0 Å². The molecule has 0 radical (unpaired) electrons. The lowest BCUT2D eigenvalue weighted by molar-refractivity contribution is -0.121. The summed E-state index contributed by atoms with van der Waals surface area (Å²) in [6.45, 7) is 1.12. The van der Waals surface area contributed by atoms with Crippen molar-refractivity contribution in [3.05, 3.63) is 71.5 Å². The predicted octanol–water partition coefficient (Wildman–Crippen LogP) is 4.32. The van der Waals surface area contributed by atoms with Crippen LogP contribution >= 0.6 is 23.1 Å². The fourth-order valence-corrected chi connectivity index (χ4v) is 4.76. The van der Waals surface area contributed by atoms with Gasteiger partial charge in [0.05, 0.1) is 5.92 Å². The summed E-state index contributed by atoms with van der Waals surface area (Å²) in [5.41, 5.74) is 1.82. The maximum Gasteiger partial charge on any atom is 0.253 e. The topological polar surface area (TPSA) is 75.2 Å². The molecule has 1 unspecified atom stereocenters. The molecule has 0 spiro atoms. The van der Waals surface area contributed by atoms with Gasteiger partial charge in [-0.05, 0) is 48.7 Å². The first-order valence-electron chi connectivity index (χ1n) is 9.80. The molecule has 3 heterocycles. The van der Waals surface area contributed by atoms with Crippen molar-refractivity contribution in [2.75, 3.05) is 18.4 Å². The standard InChI is InChI=1S/C22H22N4O2S2/c27-20(25-22-24-10-12-29-22)18-4-2-11-26(14-18)21(28)17-5-7-19(8-6-17)30-15-16-3-1-9-23-13-16/h1,3,5-10,12-13,18H,2,4,11,14-15H2,(H,24,25,27). The summed E-state index contributed by atoms with van der Waals surface area (Å²) in [6, 6.07) is 11.7. The Balaban J connectivity index is 1.33. The average molecular weight is 439 g/mol. The fraction of sp³-hybridized carbons (Fsp3) is 0.273. The first-order valence-corrected chi connectivity index (χ1v) is 11.7. The van der Waals surface area contributed by atoms with E-state index in [4.69, 9.17) is 0 Å². The molecular weight excluding hydrogens is 416 g/mol. The van der Waals surface area contributed by atoms with Crippen LogP contribution in [0.1, 0.15) is 28.8 Å². The van der Waals surface area contributed by atoms with Gasteiger partial charge in [-0.3, -0.25) is 14.6 Å². The van der Waals surface area contributed by atoms with Gasteiger partial charge in [-0.15, -0.1) is 23.1 Å². The average Bonchev–Trinajstić information content (AvgIpc) is 3.31. The van der Waals surface area contributed by atoms with Crippen LogP contribution < -0.4 is 5.32 Å². The van der Waals surface area contributed by atoms with Crippen molar-refractivity contribution < 1.29 is 9.59 Å². The molecule has 6 nitrogen and oxygen atoms in total. The van der Waals surface area contributed by atoms with E-state index in [9.17, 15) is 9.59 Å². The van der Waals surface area contributed by atoms with Gasteiger partial charge in [-0.2, -0.15) is 0 Å². The summed E-state index contributed by atoms with van der Waals surface area (Å²) in [6.07, 6.45) is 6.89. The Kier molecular flexibility index (Phi) is 6.76. The molecule has 1 fully saturated rings. The van der Waals surface area contributed by atoms with Crippen LogP contribution in [0.3, 0.4) is 0 Å². The fourth-order valence-electron chi connectivity index (χ4n) is 3.39. The maximum absolute atomic E-state index is 12.9. The zero-order valence-corrected chi connectivity index (χ0v) is 18.0. The van der Waals surface area contributed by atoms with E-state index in [-0.39, 0.29) is 17.7 Å². The summed E-state index contributed by atoms with van der Waals surface area (Å²) < 4.78 is 0. The van der Waals surface area contributed by atoms with E-state index in [0.29, 0.717) is 23.8 Å². The number of rotatable bonds is 6. The molecule has 1 atom stereocenters. The first-order chi connectivity index (χ1) is 14.7. The normalized spacial score (nSPS) is 16.3. The third-order valence-corrected chi connectivity index (χ3v) is 6.74. The van der Waals surface area contributed by atoms with Crippen molar-refractivity contribution in [3.8, 4) is 0 Å². The van der Waals surface area contributed by atoms with Gasteiger partial charge in [0.15, 0.2) is 5.13 Å². The largest absolute Gasteiger partial charge is 0.338 e. The van der Waals surface area contributed by atoms with Gasteiger partial charge in [0.1, 0.15) is 0 Å². The smallest absolute Gasteiger partial charge is 0.253 e. The van der Waals surface area contributed by atoms with E-state index in [0.717, 1.165) is 29.1 Å². The summed E-state index contributed by atoms with van der Waals surface area (Å²) in [5.74, 6) is 0.541.